The quantitative estimate of drug-likeness (QED) is 0.525. The highest BCUT2D eigenvalue weighted by atomic mass is 19.4. The number of benzene rings is 2. The van der Waals surface area contributed by atoms with E-state index in [1.165, 1.54) is 7.11 Å². The van der Waals surface area contributed by atoms with E-state index in [2.05, 4.69) is 5.32 Å². The first kappa shape index (κ1) is 26.0. The Morgan fingerprint density at radius 2 is 1.63 bits per heavy atom. The first-order valence-corrected chi connectivity index (χ1v) is 10.8. The van der Waals surface area contributed by atoms with E-state index in [4.69, 9.17) is 14.6 Å². The molecular weight excluding hydrogens is 469 g/mol. The fraction of sp³-hybridized carbons (Fsp3) is 0.375. The van der Waals surface area contributed by atoms with Gasteiger partial charge in [-0.1, -0.05) is 48.5 Å². The Labute approximate surface area is 199 Å². The molecule has 11 heteroatoms. The molecule has 35 heavy (non-hydrogen) atoms. The zero-order chi connectivity index (χ0) is 25.6. The molecule has 0 heterocycles. The van der Waals surface area contributed by atoms with Crippen molar-refractivity contribution in [1.29, 1.82) is 0 Å². The number of rotatable bonds is 10. The van der Waals surface area contributed by atoms with Crippen molar-refractivity contribution in [1.82, 2.24) is 10.2 Å². The van der Waals surface area contributed by atoms with Crippen molar-refractivity contribution in [2.45, 2.75) is 24.6 Å². The minimum absolute atomic E-state index is 0.0639. The molecule has 1 unspecified atom stereocenters. The SMILES string of the molecule is COC(CNC(=O)OCC1c2ccccc2-c2ccccc21)CC(=O)N(CC(=O)O)CC(F)(F)F. The molecule has 1 aliphatic carbocycles. The molecule has 3 rings (SSSR count). The number of nitrogens with one attached hydrogen (secondary N) is 1. The third kappa shape index (κ3) is 6.95. The number of fused-ring (bicyclic) bond motifs is 3. The van der Waals surface area contributed by atoms with Gasteiger partial charge in [0.2, 0.25) is 5.91 Å². The van der Waals surface area contributed by atoms with Crippen LogP contribution in [0.15, 0.2) is 48.5 Å². The molecular formula is C24H25F3N2O6. The minimum Gasteiger partial charge on any atom is -0.480 e. The molecule has 2 amide bonds. The van der Waals surface area contributed by atoms with Crippen molar-refractivity contribution in [2.24, 2.45) is 0 Å². The van der Waals surface area contributed by atoms with E-state index in [9.17, 15) is 27.6 Å². The lowest BCUT2D eigenvalue weighted by molar-refractivity contribution is -0.166. The number of methoxy groups -OCH3 is 1. The summed E-state index contributed by atoms with van der Waals surface area (Å²) in [5.41, 5.74) is 4.20. The molecule has 0 saturated heterocycles. The number of carbonyl (C=O) groups excluding carboxylic acids is 2. The highest BCUT2D eigenvalue weighted by Gasteiger charge is 2.35. The van der Waals surface area contributed by atoms with E-state index < -0.39 is 49.8 Å². The van der Waals surface area contributed by atoms with Gasteiger partial charge in [-0.15, -0.1) is 0 Å². The van der Waals surface area contributed by atoms with Gasteiger partial charge in [-0.3, -0.25) is 9.59 Å². The summed E-state index contributed by atoms with van der Waals surface area (Å²) in [5.74, 6) is -2.79. The maximum Gasteiger partial charge on any atom is 0.407 e. The van der Waals surface area contributed by atoms with Crippen molar-refractivity contribution in [3.05, 3.63) is 59.7 Å². The number of alkyl halides is 3. The van der Waals surface area contributed by atoms with E-state index in [1.54, 1.807) is 0 Å². The van der Waals surface area contributed by atoms with Crippen LogP contribution in [-0.2, 0) is 19.1 Å². The lowest BCUT2D eigenvalue weighted by Gasteiger charge is -2.24. The summed E-state index contributed by atoms with van der Waals surface area (Å²) in [6, 6.07) is 15.6. The number of ether oxygens (including phenoxy) is 2. The maximum atomic E-state index is 12.7. The van der Waals surface area contributed by atoms with Crippen LogP contribution in [0.4, 0.5) is 18.0 Å². The Morgan fingerprint density at radius 3 is 2.14 bits per heavy atom. The van der Waals surface area contributed by atoms with Crippen LogP contribution in [0.1, 0.15) is 23.5 Å². The second-order valence-electron chi connectivity index (χ2n) is 8.03. The Kier molecular flexibility index (Phi) is 8.34. The molecule has 2 aromatic rings. The fourth-order valence-electron chi connectivity index (χ4n) is 4.02. The highest BCUT2D eigenvalue weighted by molar-refractivity contribution is 5.82. The van der Waals surface area contributed by atoms with Crippen LogP contribution in [0, 0.1) is 0 Å². The van der Waals surface area contributed by atoms with Crippen LogP contribution in [-0.4, -0.2) is 73.6 Å². The van der Waals surface area contributed by atoms with Gasteiger partial charge in [0, 0.05) is 19.6 Å². The standard InChI is InChI=1S/C24H25F3N2O6/c1-34-15(10-21(30)29(12-22(31)32)14-24(25,26)27)11-28-23(33)35-13-20-18-8-4-2-6-16(18)17-7-3-5-9-19(17)20/h2-9,15,20H,10-14H2,1H3,(H,28,33)(H,31,32). The van der Waals surface area contributed by atoms with E-state index in [1.807, 2.05) is 48.5 Å². The minimum atomic E-state index is -4.76. The molecule has 2 N–H and O–H groups in total. The zero-order valence-electron chi connectivity index (χ0n) is 18.9. The zero-order valence-corrected chi connectivity index (χ0v) is 18.9. The number of hydrogen-bond donors (Lipinski definition) is 2. The summed E-state index contributed by atoms with van der Waals surface area (Å²) < 4.78 is 48.5. The van der Waals surface area contributed by atoms with Gasteiger partial charge < -0.3 is 24.8 Å². The number of amides is 2. The predicted octanol–water partition coefficient (Wildman–Crippen LogP) is 3.41. The van der Waals surface area contributed by atoms with E-state index in [0.717, 1.165) is 22.3 Å². The first-order valence-electron chi connectivity index (χ1n) is 10.8. The van der Waals surface area contributed by atoms with Gasteiger partial charge in [-0.2, -0.15) is 13.2 Å². The second kappa shape index (κ2) is 11.2. The third-order valence-electron chi connectivity index (χ3n) is 5.60. The molecule has 188 valence electrons. The van der Waals surface area contributed by atoms with Crippen molar-refractivity contribution in [2.75, 3.05) is 33.4 Å². The Bertz CT molecular complexity index is 1030. The van der Waals surface area contributed by atoms with Crippen molar-refractivity contribution < 1.29 is 42.1 Å². The van der Waals surface area contributed by atoms with E-state index >= 15 is 0 Å². The number of carboxylic acids is 1. The van der Waals surface area contributed by atoms with Crippen LogP contribution >= 0.6 is 0 Å². The Morgan fingerprint density at radius 1 is 1.06 bits per heavy atom. The van der Waals surface area contributed by atoms with Crippen molar-refractivity contribution in [3.8, 4) is 11.1 Å². The highest BCUT2D eigenvalue weighted by Crippen LogP contribution is 2.44. The van der Waals surface area contributed by atoms with Gasteiger partial charge >= 0.3 is 18.2 Å². The summed E-state index contributed by atoms with van der Waals surface area (Å²) in [7, 11) is 1.22. The summed E-state index contributed by atoms with van der Waals surface area (Å²) in [4.78, 5) is 35.6. The van der Waals surface area contributed by atoms with Gasteiger partial charge in [0.05, 0.1) is 12.5 Å². The molecule has 2 aromatic carbocycles. The number of nitrogens with zero attached hydrogens (tertiary/aromatic N) is 1. The number of halogens is 3. The van der Waals surface area contributed by atoms with Gasteiger partial charge in [-0.25, -0.2) is 4.79 Å². The number of hydrogen-bond acceptors (Lipinski definition) is 5. The number of carboxylic acid groups (broad SMARTS) is 1. The van der Waals surface area contributed by atoms with Crippen LogP contribution in [0.3, 0.4) is 0 Å². The normalized spacial score (nSPS) is 13.5. The largest absolute Gasteiger partial charge is 0.480 e. The van der Waals surface area contributed by atoms with E-state index in [-0.39, 0.29) is 24.0 Å². The Hall–Kier alpha value is -3.60. The average molecular weight is 494 g/mol. The number of aliphatic carboxylic acids is 1. The molecule has 0 aromatic heterocycles. The topological polar surface area (TPSA) is 105 Å². The summed E-state index contributed by atoms with van der Waals surface area (Å²) in [6.07, 6.45) is -7.07. The first-order chi connectivity index (χ1) is 16.6. The number of alkyl carbamates (subject to hydrolysis) is 1. The number of carbonyl (C=O) groups is 3. The average Bonchev–Trinajstić information content (AvgIpc) is 3.12. The smallest absolute Gasteiger partial charge is 0.407 e. The molecule has 0 saturated carbocycles. The summed E-state index contributed by atoms with van der Waals surface area (Å²) in [5, 5.41) is 11.2. The molecule has 0 bridgehead atoms. The van der Waals surface area contributed by atoms with E-state index in [0.29, 0.717) is 0 Å². The monoisotopic (exact) mass is 494 g/mol. The van der Waals surface area contributed by atoms with Crippen molar-refractivity contribution in [3.63, 3.8) is 0 Å². The summed E-state index contributed by atoms with van der Waals surface area (Å²) in [6.45, 7) is -2.96. The third-order valence-corrected chi connectivity index (χ3v) is 5.60. The molecule has 0 spiro atoms. The molecule has 8 nitrogen and oxygen atoms in total. The molecule has 0 aliphatic heterocycles. The van der Waals surface area contributed by atoms with Gasteiger partial charge in [0.1, 0.15) is 19.7 Å². The van der Waals surface area contributed by atoms with Gasteiger partial charge in [0.15, 0.2) is 0 Å². The molecule has 0 radical (unpaired) electrons. The Balaban J connectivity index is 1.54. The lowest BCUT2D eigenvalue weighted by atomic mass is 9.98. The van der Waals surface area contributed by atoms with Gasteiger partial charge in [0.25, 0.3) is 0 Å². The molecule has 1 atom stereocenters. The van der Waals surface area contributed by atoms with Crippen LogP contribution < -0.4 is 5.32 Å². The van der Waals surface area contributed by atoms with Gasteiger partial charge in [-0.05, 0) is 22.3 Å². The fourth-order valence-corrected chi connectivity index (χ4v) is 4.02. The summed E-state index contributed by atoms with van der Waals surface area (Å²) >= 11 is 0. The van der Waals surface area contributed by atoms with Crippen molar-refractivity contribution >= 4 is 18.0 Å². The maximum absolute atomic E-state index is 12.7. The van der Waals surface area contributed by atoms with Crippen LogP contribution in [0.2, 0.25) is 0 Å². The molecule has 0 fully saturated rings. The second-order valence-corrected chi connectivity index (χ2v) is 8.03. The lowest BCUT2D eigenvalue weighted by Crippen LogP contribution is -2.44. The van der Waals surface area contributed by atoms with Crippen LogP contribution in [0.5, 0.6) is 0 Å². The molecule has 1 aliphatic rings. The predicted molar refractivity (Wildman–Crippen MR) is 119 cm³/mol. The van der Waals surface area contributed by atoms with Crippen LogP contribution in [0.25, 0.3) is 11.1 Å².